The van der Waals surface area contributed by atoms with Gasteiger partial charge in [-0.25, -0.2) is 4.79 Å². The van der Waals surface area contributed by atoms with Crippen molar-refractivity contribution in [2.24, 2.45) is 11.1 Å². The van der Waals surface area contributed by atoms with Crippen molar-refractivity contribution in [1.29, 1.82) is 0 Å². The zero-order chi connectivity index (χ0) is 8.97. The Bertz CT molecular complexity index is 196. The molecule has 0 saturated heterocycles. The molecular formula is C8H13NO3. The maximum atomic E-state index is 10.2. The quantitative estimate of drug-likeness (QED) is 0.511. The highest BCUT2D eigenvalue weighted by Gasteiger charge is 2.17. The molecule has 1 aliphatic carbocycles. The summed E-state index contributed by atoms with van der Waals surface area (Å²) in [5.41, 5.74) is 0.00863. The van der Waals surface area contributed by atoms with Gasteiger partial charge in [-0.15, -0.1) is 0 Å². The van der Waals surface area contributed by atoms with Gasteiger partial charge in [0.1, 0.15) is 6.61 Å². The van der Waals surface area contributed by atoms with Crippen LogP contribution in [0.4, 0.5) is 0 Å². The highest BCUT2D eigenvalue weighted by Crippen LogP contribution is 2.26. The molecule has 0 unspecified atom stereocenters. The van der Waals surface area contributed by atoms with E-state index in [1.165, 1.54) is 26.2 Å². The number of carbonyl (C=O) groups is 1. The minimum Gasteiger partial charge on any atom is -0.477 e. The van der Waals surface area contributed by atoms with Gasteiger partial charge in [-0.1, -0.05) is 11.6 Å². The first kappa shape index (κ1) is 9.03. The lowest BCUT2D eigenvalue weighted by molar-refractivity contribution is -0.129. The standard InChI is InChI=1S/C8H13NO3/c1-6(8(10)11)9-12-5-7-3-2-4-7/h7H,2-5H2,1H3,(H,10,11)/b9-6+. The number of nitrogens with zero attached hydrogens (tertiary/aromatic N) is 1. The number of oxime groups is 1. The van der Waals surface area contributed by atoms with Crippen molar-refractivity contribution in [3.8, 4) is 0 Å². The second-order valence-electron chi connectivity index (χ2n) is 3.07. The molecule has 0 aromatic rings. The summed E-state index contributed by atoms with van der Waals surface area (Å²) in [7, 11) is 0. The number of hydrogen-bond donors (Lipinski definition) is 1. The van der Waals surface area contributed by atoms with Crippen molar-refractivity contribution in [1.82, 2.24) is 0 Å². The molecule has 12 heavy (non-hydrogen) atoms. The van der Waals surface area contributed by atoms with E-state index in [4.69, 9.17) is 9.94 Å². The molecule has 0 spiro atoms. The Balaban J connectivity index is 2.14. The highest BCUT2D eigenvalue weighted by molar-refractivity contribution is 6.34. The van der Waals surface area contributed by atoms with Crippen molar-refractivity contribution in [2.45, 2.75) is 26.2 Å². The first-order valence-corrected chi connectivity index (χ1v) is 4.10. The lowest BCUT2D eigenvalue weighted by Gasteiger charge is -2.23. The van der Waals surface area contributed by atoms with Crippen LogP contribution in [0.1, 0.15) is 26.2 Å². The molecule has 1 aliphatic rings. The van der Waals surface area contributed by atoms with E-state index in [9.17, 15) is 4.79 Å². The van der Waals surface area contributed by atoms with Crippen LogP contribution in [-0.2, 0) is 9.63 Å². The van der Waals surface area contributed by atoms with Crippen molar-refractivity contribution in [3.63, 3.8) is 0 Å². The lowest BCUT2D eigenvalue weighted by atomic mass is 9.86. The molecule has 0 radical (unpaired) electrons. The predicted octanol–water partition coefficient (Wildman–Crippen LogP) is 1.26. The van der Waals surface area contributed by atoms with Gasteiger partial charge in [0, 0.05) is 0 Å². The zero-order valence-corrected chi connectivity index (χ0v) is 7.12. The summed E-state index contributed by atoms with van der Waals surface area (Å²) in [5.74, 6) is -0.432. The van der Waals surface area contributed by atoms with Crippen molar-refractivity contribution >= 4 is 11.7 Å². The Morgan fingerprint density at radius 1 is 1.67 bits per heavy atom. The average molecular weight is 171 g/mol. The molecule has 68 valence electrons. The summed E-state index contributed by atoms with van der Waals surface area (Å²) in [6.07, 6.45) is 3.62. The summed E-state index contributed by atoms with van der Waals surface area (Å²) < 4.78 is 0. The fraction of sp³-hybridized carbons (Fsp3) is 0.750. The van der Waals surface area contributed by atoms with Gasteiger partial charge >= 0.3 is 5.97 Å². The third kappa shape index (κ3) is 2.53. The van der Waals surface area contributed by atoms with Crippen LogP contribution in [0.2, 0.25) is 0 Å². The Hall–Kier alpha value is -1.06. The number of rotatable bonds is 4. The predicted molar refractivity (Wildman–Crippen MR) is 44.0 cm³/mol. The molecule has 0 heterocycles. The molecule has 4 nitrogen and oxygen atoms in total. The van der Waals surface area contributed by atoms with Crippen LogP contribution in [0.15, 0.2) is 5.16 Å². The van der Waals surface area contributed by atoms with E-state index in [2.05, 4.69) is 5.16 Å². The van der Waals surface area contributed by atoms with Crippen LogP contribution in [0.3, 0.4) is 0 Å². The first-order chi connectivity index (χ1) is 5.70. The van der Waals surface area contributed by atoms with Crippen molar-refractivity contribution in [3.05, 3.63) is 0 Å². The van der Waals surface area contributed by atoms with Gasteiger partial charge in [0.2, 0.25) is 0 Å². The lowest BCUT2D eigenvalue weighted by Crippen LogP contribution is -2.17. The van der Waals surface area contributed by atoms with Gasteiger partial charge in [0.25, 0.3) is 0 Å². The summed E-state index contributed by atoms with van der Waals surface area (Å²) >= 11 is 0. The molecule has 0 aliphatic heterocycles. The van der Waals surface area contributed by atoms with E-state index in [0.717, 1.165) is 0 Å². The number of carboxylic acid groups (broad SMARTS) is 1. The fourth-order valence-electron chi connectivity index (χ4n) is 0.938. The van der Waals surface area contributed by atoms with Crippen LogP contribution in [0.5, 0.6) is 0 Å². The fourth-order valence-corrected chi connectivity index (χ4v) is 0.938. The summed E-state index contributed by atoms with van der Waals surface area (Å²) in [5, 5.41) is 11.9. The van der Waals surface area contributed by atoms with Crippen LogP contribution < -0.4 is 0 Å². The van der Waals surface area contributed by atoms with Crippen LogP contribution in [-0.4, -0.2) is 23.4 Å². The van der Waals surface area contributed by atoms with Gasteiger partial charge in [-0.05, 0) is 25.7 Å². The third-order valence-corrected chi connectivity index (χ3v) is 2.05. The van der Waals surface area contributed by atoms with Gasteiger partial charge < -0.3 is 9.94 Å². The first-order valence-electron chi connectivity index (χ1n) is 4.10. The summed E-state index contributed by atoms with van der Waals surface area (Å²) in [4.78, 5) is 15.1. The molecule has 1 saturated carbocycles. The Kier molecular flexibility index (Phi) is 3.08. The monoisotopic (exact) mass is 171 g/mol. The molecule has 0 amide bonds. The normalized spacial score (nSPS) is 18.6. The minimum atomic E-state index is -1.02. The molecule has 0 bridgehead atoms. The molecule has 4 heteroatoms. The van der Waals surface area contributed by atoms with Crippen LogP contribution in [0.25, 0.3) is 0 Å². The average Bonchev–Trinajstić information content (AvgIpc) is 1.93. The Labute approximate surface area is 71.2 Å². The SMILES string of the molecule is C/C(=N\OCC1CCC1)C(=O)O. The van der Waals surface area contributed by atoms with E-state index in [1.807, 2.05) is 0 Å². The molecule has 0 atom stereocenters. The zero-order valence-electron chi connectivity index (χ0n) is 7.12. The second kappa shape index (κ2) is 4.09. The largest absolute Gasteiger partial charge is 0.477 e. The molecule has 1 rings (SSSR count). The Morgan fingerprint density at radius 3 is 2.75 bits per heavy atom. The van der Waals surface area contributed by atoms with Crippen LogP contribution >= 0.6 is 0 Å². The highest BCUT2D eigenvalue weighted by atomic mass is 16.6. The minimum absolute atomic E-state index is 0.00863. The van der Waals surface area contributed by atoms with E-state index < -0.39 is 5.97 Å². The molecule has 0 aromatic carbocycles. The van der Waals surface area contributed by atoms with Gasteiger partial charge in [0.05, 0.1) is 0 Å². The Morgan fingerprint density at radius 2 is 2.33 bits per heavy atom. The number of hydrogen-bond acceptors (Lipinski definition) is 3. The van der Waals surface area contributed by atoms with Crippen LogP contribution in [0, 0.1) is 5.92 Å². The third-order valence-electron chi connectivity index (χ3n) is 2.05. The maximum Gasteiger partial charge on any atom is 0.353 e. The van der Waals surface area contributed by atoms with E-state index in [1.54, 1.807) is 0 Å². The maximum absolute atomic E-state index is 10.2. The number of carboxylic acids is 1. The smallest absolute Gasteiger partial charge is 0.353 e. The molecular weight excluding hydrogens is 158 g/mol. The molecule has 0 aromatic heterocycles. The van der Waals surface area contributed by atoms with E-state index in [-0.39, 0.29) is 5.71 Å². The van der Waals surface area contributed by atoms with Crippen molar-refractivity contribution in [2.75, 3.05) is 6.61 Å². The second-order valence-corrected chi connectivity index (χ2v) is 3.07. The summed E-state index contributed by atoms with van der Waals surface area (Å²) in [6, 6.07) is 0. The van der Waals surface area contributed by atoms with Gasteiger partial charge in [0.15, 0.2) is 5.71 Å². The van der Waals surface area contributed by atoms with E-state index >= 15 is 0 Å². The topological polar surface area (TPSA) is 58.9 Å². The van der Waals surface area contributed by atoms with Gasteiger partial charge in [-0.2, -0.15) is 0 Å². The van der Waals surface area contributed by atoms with E-state index in [0.29, 0.717) is 12.5 Å². The molecule has 1 fully saturated rings. The van der Waals surface area contributed by atoms with Crippen molar-refractivity contribution < 1.29 is 14.7 Å². The summed E-state index contributed by atoms with van der Waals surface area (Å²) in [6.45, 7) is 1.98. The van der Waals surface area contributed by atoms with Gasteiger partial charge in [-0.3, -0.25) is 0 Å². The number of aliphatic carboxylic acids is 1. The molecule has 1 N–H and O–H groups in total.